The number of nitriles is 1. The van der Waals surface area contributed by atoms with Gasteiger partial charge in [0.25, 0.3) is 0 Å². The van der Waals surface area contributed by atoms with Crippen molar-refractivity contribution < 1.29 is 0 Å². The normalized spacial score (nSPS) is 16.8. The molecule has 14 heavy (non-hydrogen) atoms. The van der Waals surface area contributed by atoms with E-state index in [-0.39, 0.29) is 0 Å². The highest BCUT2D eigenvalue weighted by Gasteiger charge is 2.17. The molecule has 1 aromatic carbocycles. The average molecular weight is 186 g/mol. The van der Waals surface area contributed by atoms with Crippen LogP contribution in [0.5, 0.6) is 0 Å². The van der Waals surface area contributed by atoms with Gasteiger partial charge in [-0.15, -0.1) is 0 Å². The predicted molar refractivity (Wildman–Crippen MR) is 56.8 cm³/mol. The van der Waals surface area contributed by atoms with Gasteiger partial charge in [0.2, 0.25) is 0 Å². The topological polar surface area (TPSA) is 49.8 Å². The van der Waals surface area contributed by atoms with Gasteiger partial charge < -0.3 is 5.73 Å². The fraction of sp³-hybridized carbons (Fsp3) is 0.417. The minimum Gasteiger partial charge on any atom is -0.398 e. The zero-order valence-electron chi connectivity index (χ0n) is 8.16. The fourth-order valence-corrected chi connectivity index (χ4v) is 2.18. The van der Waals surface area contributed by atoms with E-state index in [4.69, 9.17) is 11.0 Å². The van der Waals surface area contributed by atoms with Crippen LogP contribution in [0.25, 0.3) is 0 Å². The molecule has 0 atom stereocenters. The summed E-state index contributed by atoms with van der Waals surface area (Å²) in [5.74, 6) is 0.655. The molecule has 0 radical (unpaired) electrons. The van der Waals surface area contributed by atoms with E-state index in [0.717, 1.165) is 0 Å². The summed E-state index contributed by atoms with van der Waals surface area (Å²) in [5, 5.41) is 8.86. The molecule has 2 nitrogen and oxygen atoms in total. The smallest absolute Gasteiger partial charge is 0.101 e. The lowest BCUT2D eigenvalue weighted by molar-refractivity contribution is 0.723. The molecule has 2 N–H and O–H groups in total. The number of nitrogen functional groups attached to an aromatic ring is 1. The van der Waals surface area contributed by atoms with Crippen LogP contribution in [0.4, 0.5) is 5.69 Å². The lowest BCUT2D eigenvalue weighted by atomic mass is 9.95. The molecule has 1 aromatic rings. The van der Waals surface area contributed by atoms with Crippen molar-refractivity contribution in [3.63, 3.8) is 0 Å². The van der Waals surface area contributed by atoms with E-state index in [1.807, 2.05) is 12.1 Å². The molecule has 0 unspecified atom stereocenters. The van der Waals surface area contributed by atoms with E-state index >= 15 is 0 Å². The van der Waals surface area contributed by atoms with Crippen molar-refractivity contribution in [1.82, 2.24) is 0 Å². The van der Waals surface area contributed by atoms with Crippen molar-refractivity contribution >= 4 is 5.69 Å². The largest absolute Gasteiger partial charge is 0.398 e. The zero-order valence-corrected chi connectivity index (χ0v) is 8.16. The summed E-state index contributed by atoms with van der Waals surface area (Å²) < 4.78 is 0. The molecule has 1 fully saturated rings. The Bertz CT molecular complexity index is 370. The van der Waals surface area contributed by atoms with E-state index in [9.17, 15) is 0 Å². The van der Waals surface area contributed by atoms with Crippen molar-refractivity contribution in [2.24, 2.45) is 0 Å². The number of benzene rings is 1. The van der Waals surface area contributed by atoms with E-state index in [0.29, 0.717) is 17.2 Å². The quantitative estimate of drug-likeness (QED) is 0.685. The number of hydrogen-bond acceptors (Lipinski definition) is 2. The van der Waals surface area contributed by atoms with Crippen LogP contribution < -0.4 is 5.73 Å². The SMILES string of the molecule is N#Cc1cc(C2CCCC2)ccc1N. The van der Waals surface area contributed by atoms with Gasteiger partial charge >= 0.3 is 0 Å². The third kappa shape index (κ3) is 1.58. The maximum absolute atomic E-state index is 8.86. The molecular formula is C12H14N2. The van der Waals surface area contributed by atoms with Gasteiger partial charge in [0, 0.05) is 5.69 Å². The standard InChI is InChI=1S/C12H14N2/c13-8-11-7-10(5-6-12(11)14)9-3-1-2-4-9/h5-7,9H,1-4,14H2. The molecule has 0 spiro atoms. The Morgan fingerprint density at radius 2 is 2.00 bits per heavy atom. The second-order valence-corrected chi connectivity index (χ2v) is 3.94. The van der Waals surface area contributed by atoms with Crippen LogP contribution in [0.2, 0.25) is 0 Å². The molecule has 2 heteroatoms. The Morgan fingerprint density at radius 3 is 2.64 bits per heavy atom. The molecule has 0 heterocycles. The molecule has 1 aliphatic carbocycles. The summed E-state index contributed by atoms with van der Waals surface area (Å²) in [7, 11) is 0. The Kier molecular flexibility index (Phi) is 2.41. The summed E-state index contributed by atoms with van der Waals surface area (Å²) >= 11 is 0. The van der Waals surface area contributed by atoms with Gasteiger partial charge in [-0.05, 0) is 36.5 Å². The Morgan fingerprint density at radius 1 is 1.29 bits per heavy atom. The molecule has 72 valence electrons. The Balaban J connectivity index is 2.31. The monoisotopic (exact) mass is 186 g/mol. The summed E-state index contributed by atoms with van der Waals surface area (Å²) in [6.45, 7) is 0. The first-order valence-corrected chi connectivity index (χ1v) is 5.11. The zero-order chi connectivity index (χ0) is 9.97. The number of nitrogens with two attached hydrogens (primary N) is 1. The Labute approximate surface area is 84.3 Å². The van der Waals surface area contributed by atoms with Gasteiger partial charge in [-0.2, -0.15) is 5.26 Å². The first-order chi connectivity index (χ1) is 6.81. The third-order valence-corrected chi connectivity index (χ3v) is 3.02. The highest BCUT2D eigenvalue weighted by atomic mass is 14.6. The van der Waals surface area contributed by atoms with Gasteiger partial charge in [-0.25, -0.2) is 0 Å². The van der Waals surface area contributed by atoms with Gasteiger partial charge in [0.15, 0.2) is 0 Å². The maximum Gasteiger partial charge on any atom is 0.101 e. The lowest BCUT2D eigenvalue weighted by Crippen LogP contribution is -1.96. The molecule has 0 aromatic heterocycles. The van der Waals surface area contributed by atoms with Gasteiger partial charge in [0.1, 0.15) is 6.07 Å². The predicted octanol–water partition coefficient (Wildman–Crippen LogP) is 2.80. The minimum absolute atomic E-state index is 0.592. The number of anilines is 1. The summed E-state index contributed by atoms with van der Waals surface area (Å²) in [5.41, 5.74) is 8.17. The van der Waals surface area contributed by atoms with Crippen molar-refractivity contribution in [3.05, 3.63) is 29.3 Å². The summed E-state index contributed by atoms with van der Waals surface area (Å²) in [6.07, 6.45) is 5.15. The molecule has 0 bridgehead atoms. The Hall–Kier alpha value is -1.49. The first-order valence-electron chi connectivity index (χ1n) is 5.11. The van der Waals surface area contributed by atoms with Crippen molar-refractivity contribution in [2.45, 2.75) is 31.6 Å². The van der Waals surface area contributed by atoms with Gasteiger partial charge in [-0.3, -0.25) is 0 Å². The lowest BCUT2D eigenvalue weighted by Gasteiger charge is -2.10. The second-order valence-electron chi connectivity index (χ2n) is 3.94. The summed E-state index contributed by atoms with van der Waals surface area (Å²) in [6, 6.07) is 8.00. The van der Waals surface area contributed by atoms with Crippen LogP contribution in [0, 0.1) is 11.3 Å². The van der Waals surface area contributed by atoms with E-state index < -0.39 is 0 Å². The minimum atomic E-state index is 0.592. The molecule has 0 aliphatic heterocycles. The summed E-state index contributed by atoms with van der Waals surface area (Å²) in [4.78, 5) is 0. The molecule has 1 aliphatic rings. The average Bonchev–Trinajstić information content (AvgIpc) is 2.71. The van der Waals surface area contributed by atoms with Crippen LogP contribution in [-0.2, 0) is 0 Å². The van der Waals surface area contributed by atoms with Gasteiger partial charge in [-0.1, -0.05) is 18.9 Å². The van der Waals surface area contributed by atoms with E-state index in [1.165, 1.54) is 31.2 Å². The first kappa shape index (κ1) is 9.08. The van der Waals surface area contributed by atoms with E-state index in [2.05, 4.69) is 12.1 Å². The second kappa shape index (κ2) is 3.71. The van der Waals surface area contributed by atoms with Crippen LogP contribution in [-0.4, -0.2) is 0 Å². The van der Waals surface area contributed by atoms with Crippen molar-refractivity contribution in [3.8, 4) is 6.07 Å². The van der Waals surface area contributed by atoms with Crippen molar-refractivity contribution in [1.29, 1.82) is 5.26 Å². The van der Waals surface area contributed by atoms with Crippen LogP contribution in [0.3, 0.4) is 0 Å². The number of hydrogen-bond donors (Lipinski definition) is 1. The van der Waals surface area contributed by atoms with Crippen LogP contribution in [0.15, 0.2) is 18.2 Å². The number of nitrogens with zero attached hydrogens (tertiary/aromatic N) is 1. The third-order valence-electron chi connectivity index (χ3n) is 3.02. The highest BCUT2D eigenvalue weighted by molar-refractivity contribution is 5.55. The molecular weight excluding hydrogens is 172 g/mol. The van der Waals surface area contributed by atoms with Crippen LogP contribution in [0.1, 0.15) is 42.7 Å². The maximum atomic E-state index is 8.86. The van der Waals surface area contributed by atoms with Gasteiger partial charge in [0.05, 0.1) is 5.56 Å². The molecule has 0 saturated heterocycles. The highest BCUT2D eigenvalue weighted by Crippen LogP contribution is 2.34. The fourth-order valence-electron chi connectivity index (χ4n) is 2.18. The molecule has 0 amide bonds. The number of rotatable bonds is 1. The van der Waals surface area contributed by atoms with E-state index in [1.54, 1.807) is 0 Å². The molecule has 1 saturated carbocycles. The molecule has 2 rings (SSSR count). The van der Waals surface area contributed by atoms with Crippen LogP contribution >= 0.6 is 0 Å². The van der Waals surface area contributed by atoms with Crippen molar-refractivity contribution in [2.75, 3.05) is 5.73 Å².